The molecule has 1 fully saturated rings. The van der Waals surface area contributed by atoms with Crippen molar-refractivity contribution in [2.45, 2.75) is 39.7 Å². The minimum absolute atomic E-state index is 0. The van der Waals surface area contributed by atoms with Crippen molar-refractivity contribution in [3.63, 3.8) is 0 Å². The highest BCUT2D eigenvalue weighted by atomic mass is 32.1. The molecular weight excluding hydrogens is 403 g/mol. The van der Waals surface area contributed by atoms with Gasteiger partial charge in [-0.1, -0.05) is 13.5 Å². The van der Waals surface area contributed by atoms with Crippen molar-refractivity contribution in [1.82, 2.24) is 0 Å². The van der Waals surface area contributed by atoms with E-state index in [1.54, 1.807) is 23.1 Å². The van der Waals surface area contributed by atoms with Crippen LogP contribution in [0.15, 0.2) is 36.4 Å². The van der Waals surface area contributed by atoms with Crippen molar-refractivity contribution in [3.8, 4) is 0 Å². The van der Waals surface area contributed by atoms with Gasteiger partial charge in [-0.25, -0.2) is 9.24 Å². The predicted octanol–water partition coefficient (Wildman–Crippen LogP) is 4.74. The number of aryl methyl sites for hydroxylation is 1. The molecular formula is C22H23FN4O2S. The second-order valence-corrected chi connectivity index (χ2v) is 7.38. The smallest absolute Gasteiger partial charge is 0.251 e. The number of ketones is 1. The third-order valence-electron chi connectivity index (χ3n) is 5.05. The fourth-order valence-corrected chi connectivity index (χ4v) is 3.69. The van der Waals surface area contributed by atoms with Crippen LogP contribution in [0, 0.1) is 19.3 Å². The van der Waals surface area contributed by atoms with Gasteiger partial charge in [-0.3, -0.25) is 9.59 Å². The third kappa shape index (κ3) is 4.16. The Balaban J connectivity index is 0.00000320. The lowest BCUT2D eigenvalue weighted by atomic mass is 10.1. The molecule has 0 heterocycles. The molecule has 0 radical (unpaired) electrons. The molecule has 0 bridgehead atoms. The highest BCUT2D eigenvalue weighted by molar-refractivity contribution is 7.80. The lowest BCUT2D eigenvalue weighted by Crippen LogP contribution is -2.48. The standard InChI is InChI=1S/C21H19FN4O2S.CH4/c1-12-10-14(4-7-18(12)24-3)25-20(29)26(21(8-9-21)13(2)27)15-5-6-16(19(23)28)17(22)11-15;/h4-7,10-11H,8-9H2,1-2H3,(H2,23,28)(H,25,29);1H4. The van der Waals surface area contributed by atoms with Crippen LogP contribution in [-0.2, 0) is 4.79 Å². The Morgan fingerprint density at radius 2 is 1.93 bits per heavy atom. The molecule has 6 nitrogen and oxygen atoms in total. The Labute approximate surface area is 180 Å². The van der Waals surface area contributed by atoms with Gasteiger partial charge < -0.3 is 16.0 Å². The molecule has 0 saturated heterocycles. The van der Waals surface area contributed by atoms with Gasteiger partial charge in [0.25, 0.3) is 5.91 Å². The van der Waals surface area contributed by atoms with Crippen LogP contribution in [0.1, 0.15) is 43.1 Å². The first-order chi connectivity index (χ1) is 13.7. The number of primary amides is 1. The van der Waals surface area contributed by atoms with Crippen LogP contribution in [0.5, 0.6) is 0 Å². The topological polar surface area (TPSA) is 79.8 Å². The summed E-state index contributed by atoms with van der Waals surface area (Å²) in [5, 5.41) is 3.30. The zero-order valence-electron chi connectivity index (χ0n) is 16.0. The van der Waals surface area contributed by atoms with Crippen LogP contribution in [0.4, 0.5) is 21.5 Å². The molecule has 156 valence electrons. The zero-order valence-corrected chi connectivity index (χ0v) is 16.8. The molecule has 1 aliphatic rings. The number of nitrogens with one attached hydrogen (secondary N) is 1. The number of thiocarbonyl (C=S) groups is 1. The SMILES string of the molecule is C.[C-]#[N+]c1ccc(NC(=S)N(c2ccc(C(N)=O)c(F)c2)C2(C(C)=O)CC2)cc1C. The summed E-state index contributed by atoms with van der Waals surface area (Å²) in [6, 6.07) is 9.14. The molecule has 1 saturated carbocycles. The van der Waals surface area contributed by atoms with Crippen LogP contribution in [-0.4, -0.2) is 22.3 Å². The van der Waals surface area contributed by atoms with Crippen molar-refractivity contribution in [2.24, 2.45) is 5.73 Å². The first kappa shape index (κ1) is 23.0. The Kier molecular flexibility index (Phi) is 6.58. The summed E-state index contributed by atoms with van der Waals surface area (Å²) in [6.45, 7) is 10.4. The first-order valence-corrected chi connectivity index (χ1v) is 9.30. The number of halogens is 1. The molecule has 30 heavy (non-hydrogen) atoms. The van der Waals surface area contributed by atoms with Gasteiger partial charge in [-0.2, -0.15) is 0 Å². The Bertz CT molecular complexity index is 1070. The van der Waals surface area contributed by atoms with Gasteiger partial charge in [0.1, 0.15) is 11.4 Å². The average Bonchev–Trinajstić information content (AvgIpc) is 3.43. The predicted molar refractivity (Wildman–Crippen MR) is 120 cm³/mol. The van der Waals surface area contributed by atoms with Gasteiger partial charge in [-0.15, -0.1) is 0 Å². The summed E-state index contributed by atoms with van der Waals surface area (Å²) < 4.78 is 14.4. The van der Waals surface area contributed by atoms with Gasteiger partial charge in [-0.05, 0) is 74.8 Å². The number of nitrogens with zero attached hydrogens (tertiary/aromatic N) is 2. The molecule has 3 N–H and O–H groups in total. The van der Waals surface area contributed by atoms with Crippen LogP contribution < -0.4 is 16.0 Å². The van der Waals surface area contributed by atoms with E-state index in [1.165, 1.54) is 19.1 Å². The molecule has 1 aliphatic carbocycles. The number of hydrogen-bond acceptors (Lipinski definition) is 3. The Morgan fingerprint density at radius 3 is 2.40 bits per heavy atom. The molecule has 0 atom stereocenters. The van der Waals surface area contributed by atoms with E-state index in [2.05, 4.69) is 10.2 Å². The fraction of sp³-hybridized carbons (Fsp3) is 0.273. The lowest BCUT2D eigenvalue weighted by Gasteiger charge is -2.33. The minimum atomic E-state index is -0.871. The maximum atomic E-state index is 14.4. The Morgan fingerprint density at radius 1 is 1.27 bits per heavy atom. The van der Waals surface area contributed by atoms with E-state index in [0.29, 0.717) is 29.9 Å². The molecule has 2 aromatic rings. The molecule has 0 spiro atoms. The molecule has 3 rings (SSSR count). The number of hydrogen-bond donors (Lipinski definition) is 2. The van der Waals surface area contributed by atoms with Gasteiger partial charge in [0.05, 0.1) is 12.1 Å². The number of anilines is 2. The third-order valence-corrected chi connectivity index (χ3v) is 5.34. The number of nitrogens with two attached hydrogens (primary N) is 1. The summed E-state index contributed by atoms with van der Waals surface area (Å²) in [5.74, 6) is -1.73. The summed E-state index contributed by atoms with van der Waals surface area (Å²) in [5.41, 5.74) is 6.42. The summed E-state index contributed by atoms with van der Waals surface area (Å²) in [6.07, 6.45) is 1.16. The van der Waals surface area contributed by atoms with E-state index in [9.17, 15) is 14.0 Å². The van der Waals surface area contributed by atoms with Crippen LogP contribution >= 0.6 is 12.2 Å². The monoisotopic (exact) mass is 426 g/mol. The second kappa shape index (κ2) is 8.59. The molecule has 1 amide bonds. The molecule has 0 aliphatic heterocycles. The van der Waals surface area contributed by atoms with Gasteiger partial charge in [0, 0.05) is 11.4 Å². The minimum Gasteiger partial charge on any atom is -0.366 e. The zero-order chi connectivity index (χ0) is 21.3. The quantitative estimate of drug-likeness (QED) is 0.533. The van der Waals surface area contributed by atoms with E-state index < -0.39 is 17.3 Å². The molecule has 8 heteroatoms. The number of rotatable bonds is 5. The molecule has 0 aromatic heterocycles. The second-order valence-electron chi connectivity index (χ2n) is 6.99. The van der Waals surface area contributed by atoms with Gasteiger partial charge >= 0.3 is 0 Å². The lowest BCUT2D eigenvalue weighted by molar-refractivity contribution is -0.118. The van der Waals surface area contributed by atoms with Crippen LogP contribution in [0.2, 0.25) is 0 Å². The van der Waals surface area contributed by atoms with Crippen molar-refractivity contribution >= 4 is 46.1 Å². The number of benzene rings is 2. The van der Waals surface area contributed by atoms with Crippen LogP contribution in [0.25, 0.3) is 4.85 Å². The fourth-order valence-electron chi connectivity index (χ4n) is 3.29. The van der Waals surface area contributed by atoms with Gasteiger partial charge in [0.2, 0.25) is 0 Å². The number of amides is 1. The van der Waals surface area contributed by atoms with Crippen molar-refractivity contribution in [1.29, 1.82) is 0 Å². The maximum Gasteiger partial charge on any atom is 0.251 e. The van der Waals surface area contributed by atoms with E-state index in [-0.39, 0.29) is 23.9 Å². The average molecular weight is 427 g/mol. The van der Waals surface area contributed by atoms with Crippen molar-refractivity contribution in [3.05, 3.63) is 64.8 Å². The number of carbonyl (C=O) groups excluding carboxylic acids is 2. The summed E-state index contributed by atoms with van der Waals surface area (Å²) >= 11 is 5.57. The van der Waals surface area contributed by atoms with Crippen LogP contribution in [0.3, 0.4) is 0 Å². The Hall–Kier alpha value is -3.31. The summed E-state index contributed by atoms with van der Waals surface area (Å²) in [7, 11) is 0. The highest BCUT2D eigenvalue weighted by Gasteiger charge is 2.54. The van der Waals surface area contributed by atoms with E-state index in [0.717, 1.165) is 11.6 Å². The van der Waals surface area contributed by atoms with Crippen molar-refractivity contribution < 1.29 is 14.0 Å². The number of Topliss-reactive ketones (excluding diaryl/α,β-unsaturated/α-hetero) is 1. The number of carbonyl (C=O) groups is 2. The van der Waals surface area contributed by atoms with E-state index in [4.69, 9.17) is 24.5 Å². The first-order valence-electron chi connectivity index (χ1n) is 8.89. The summed E-state index contributed by atoms with van der Waals surface area (Å²) in [4.78, 5) is 28.7. The maximum absolute atomic E-state index is 14.4. The van der Waals surface area contributed by atoms with E-state index in [1.807, 2.05) is 6.92 Å². The van der Waals surface area contributed by atoms with E-state index >= 15 is 0 Å². The molecule has 2 aromatic carbocycles. The van der Waals surface area contributed by atoms with Gasteiger partial charge in [0.15, 0.2) is 16.6 Å². The van der Waals surface area contributed by atoms with Crippen molar-refractivity contribution in [2.75, 3.05) is 10.2 Å². The highest BCUT2D eigenvalue weighted by Crippen LogP contribution is 2.45. The molecule has 0 unspecified atom stereocenters. The normalized spacial score (nSPS) is 13.4. The largest absolute Gasteiger partial charge is 0.366 e.